The fourth-order valence-corrected chi connectivity index (χ4v) is 4.30. The Labute approximate surface area is 232 Å². The van der Waals surface area contributed by atoms with Gasteiger partial charge in [0.25, 0.3) is 0 Å². The number of aliphatic hydroxyl groups excluding tert-OH is 1. The van der Waals surface area contributed by atoms with E-state index < -0.39 is 18.0 Å². The largest absolute Gasteiger partial charge is 0.463 e. The number of carbonyl (C=O) groups excluding carboxylic acids is 3. The van der Waals surface area contributed by atoms with Gasteiger partial charge in [-0.15, -0.1) is 13.2 Å². The summed E-state index contributed by atoms with van der Waals surface area (Å²) in [7, 11) is 0. The molecule has 2 amide bonds. The van der Waals surface area contributed by atoms with Gasteiger partial charge < -0.3 is 20.5 Å². The number of amides is 2. The van der Waals surface area contributed by atoms with Crippen molar-refractivity contribution in [1.29, 1.82) is 0 Å². The molecular weight excluding hydrogens is 492 g/mol. The average molecular weight is 535 g/mol. The zero-order valence-corrected chi connectivity index (χ0v) is 22.9. The Bertz CT molecular complexity index is 1040. The quantitative estimate of drug-likeness (QED) is 0.197. The summed E-state index contributed by atoms with van der Waals surface area (Å²) in [5.74, 6) is -1.88. The van der Waals surface area contributed by atoms with E-state index in [9.17, 15) is 19.5 Å². The highest BCUT2D eigenvalue weighted by atomic mass is 16.5. The van der Waals surface area contributed by atoms with E-state index in [4.69, 9.17) is 4.74 Å². The van der Waals surface area contributed by atoms with Gasteiger partial charge in [-0.25, -0.2) is 0 Å². The number of hydrogen-bond donors (Lipinski definition) is 3. The van der Waals surface area contributed by atoms with Crippen molar-refractivity contribution in [3.8, 4) is 0 Å². The molecule has 0 heterocycles. The predicted molar refractivity (Wildman–Crippen MR) is 154 cm³/mol. The fourth-order valence-electron chi connectivity index (χ4n) is 4.30. The van der Waals surface area contributed by atoms with Crippen molar-refractivity contribution in [3.63, 3.8) is 0 Å². The number of esters is 1. The van der Waals surface area contributed by atoms with Gasteiger partial charge in [0, 0.05) is 6.42 Å². The van der Waals surface area contributed by atoms with E-state index in [1.165, 1.54) is 0 Å². The Morgan fingerprint density at radius 1 is 0.897 bits per heavy atom. The molecule has 2 aromatic rings. The summed E-state index contributed by atoms with van der Waals surface area (Å²) in [6.45, 7) is 9.04. The average Bonchev–Trinajstić information content (AvgIpc) is 2.94. The van der Waals surface area contributed by atoms with Crippen LogP contribution in [0.2, 0.25) is 0 Å². The molecule has 3 N–H and O–H groups in total. The molecule has 0 radical (unpaired) electrons. The highest BCUT2D eigenvalue weighted by molar-refractivity contribution is 5.86. The van der Waals surface area contributed by atoms with Crippen LogP contribution in [0, 0.1) is 11.8 Å². The van der Waals surface area contributed by atoms with Crippen LogP contribution in [0.4, 0.5) is 0 Å². The first-order valence-corrected chi connectivity index (χ1v) is 13.5. The van der Waals surface area contributed by atoms with Gasteiger partial charge in [0.1, 0.15) is 6.61 Å². The van der Waals surface area contributed by atoms with Crippen LogP contribution < -0.4 is 10.6 Å². The van der Waals surface area contributed by atoms with E-state index in [1.54, 1.807) is 19.1 Å². The number of allylic oxidation sites excluding steroid dienone is 2. The number of hydrogen-bond acceptors (Lipinski definition) is 5. The van der Waals surface area contributed by atoms with Gasteiger partial charge >= 0.3 is 5.97 Å². The standard InChI is InChI=1S/C32H42N2O5/c1-4-6-18-28(19-25-14-9-7-10-15-25)32(38)39-23-24(3)33-31(37)27(13-5-2)21-30(36)34-29(22-35)20-26-16-11-8-12-17-26/h4-5,7-12,14-17,24,27-29,35H,1-2,6,13,18-23H2,3H3,(H,33,37)(H,34,36)/t24-,27+,28+,29+/m0/s1. The van der Waals surface area contributed by atoms with Gasteiger partial charge in [-0.2, -0.15) is 0 Å². The van der Waals surface area contributed by atoms with Gasteiger partial charge in [0.05, 0.1) is 30.5 Å². The second-order valence-corrected chi connectivity index (χ2v) is 9.85. The number of nitrogens with one attached hydrogen (secondary N) is 2. The lowest BCUT2D eigenvalue weighted by atomic mass is 9.95. The van der Waals surface area contributed by atoms with E-state index >= 15 is 0 Å². The molecule has 210 valence electrons. The SMILES string of the molecule is C=CCC[C@H](Cc1ccccc1)C(=O)OC[C@H](C)NC(=O)[C@H](CC=C)CC(=O)N[C@@H](CO)Cc1ccccc1. The van der Waals surface area contributed by atoms with E-state index in [0.29, 0.717) is 32.1 Å². The van der Waals surface area contributed by atoms with Crippen LogP contribution in [-0.4, -0.2) is 48.2 Å². The number of rotatable bonds is 18. The fraction of sp³-hybridized carbons (Fsp3) is 0.406. The molecule has 39 heavy (non-hydrogen) atoms. The van der Waals surface area contributed by atoms with Crippen molar-refractivity contribution >= 4 is 17.8 Å². The molecule has 0 saturated heterocycles. The van der Waals surface area contributed by atoms with Crippen molar-refractivity contribution in [1.82, 2.24) is 10.6 Å². The molecule has 2 rings (SSSR count). The van der Waals surface area contributed by atoms with Crippen molar-refractivity contribution in [2.24, 2.45) is 11.8 Å². The van der Waals surface area contributed by atoms with Crippen molar-refractivity contribution in [3.05, 3.63) is 97.1 Å². The van der Waals surface area contributed by atoms with Crippen LogP contribution >= 0.6 is 0 Å². The van der Waals surface area contributed by atoms with Crippen LogP contribution in [0.5, 0.6) is 0 Å². The highest BCUT2D eigenvalue weighted by Crippen LogP contribution is 2.17. The summed E-state index contributed by atoms with van der Waals surface area (Å²) in [5.41, 5.74) is 2.05. The highest BCUT2D eigenvalue weighted by Gasteiger charge is 2.25. The molecule has 0 fully saturated rings. The second-order valence-electron chi connectivity index (χ2n) is 9.85. The van der Waals surface area contributed by atoms with Crippen LogP contribution in [0.1, 0.15) is 43.7 Å². The predicted octanol–water partition coefficient (Wildman–Crippen LogP) is 4.16. The summed E-state index contributed by atoms with van der Waals surface area (Å²) in [4.78, 5) is 38.5. The maximum absolute atomic E-state index is 12.9. The molecule has 7 nitrogen and oxygen atoms in total. The number of benzene rings is 2. The molecule has 0 spiro atoms. The van der Waals surface area contributed by atoms with E-state index in [-0.39, 0.29) is 43.3 Å². The van der Waals surface area contributed by atoms with E-state index in [1.807, 2.05) is 60.7 Å². The third-order valence-electron chi connectivity index (χ3n) is 6.41. The molecule has 0 aliphatic rings. The Morgan fingerprint density at radius 3 is 2.08 bits per heavy atom. The minimum absolute atomic E-state index is 0.0284. The van der Waals surface area contributed by atoms with Gasteiger partial charge in [-0.05, 0) is 50.2 Å². The van der Waals surface area contributed by atoms with Crippen LogP contribution in [-0.2, 0) is 32.0 Å². The van der Waals surface area contributed by atoms with E-state index in [2.05, 4.69) is 23.8 Å². The summed E-state index contributed by atoms with van der Waals surface area (Å²) in [5, 5.41) is 15.4. The molecule has 4 atom stereocenters. The lowest BCUT2D eigenvalue weighted by molar-refractivity contribution is -0.150. The smallest absolute Gasteiger partial charge is 0.309 e. The molecular formula is C32H42N2O5. The third kappa shape index (κ3) is 12.1. The second kappa shape index (κ2) is 17.7. The van der Waals surface area contributed by atoms with Crippen molar-refractivity contribution in [2.75, 3.05) is 13.2 Å². The zero-order valence-electron chi connectivity index (χ0n) is 22.9. The van der Waals surface area contributed by atoms with Crippen molar-refractivity contribution < 1.29 is 24.2 Å². The third-order valence-corrected chi connectivity index (χ3v) is 6.41. The van der Waals surface area contributed by atoms with Crippen LogP contribution in [0.15, 0.2) is 86.0 Å². The molecule has 0 aliphatic heterocycles. The monoisotopic (exact) mass is 534 g/mol. The lowest BCUT2D eigenvalue weighted by Crippen LogP contribution is -2.44. The molecule has 0 unspecified atom stereocenters. The molecule has 0 saturated carbocycles. The first-order chi connectivity index (χ1) is 18.9. The minimum Gasteiger partial charge on any atom is -0.463 e. The van der Waals surface area contributed by atoms with Gasteiger partial charge in [-0.1, -0.05) is 72.8 Å². The van der Waals surface area contributed by atoms with Gasteiger partial charge in [-0.3, -0.25) is 14.4 Å². The van der Waals surface area contributed by atoms with Crippen LogP contribution in [0.25, 0.3) is 0 Å². The van der Waals surface area contributed by atoms with Crippen LogP contribution in [0.3, 0.4) is 0 Å². The lowest BCUT2D eigenvalue weighted by Gasteiger charge is -2.22. The Hall–Kier alpha value is -3.71. The molecule has 2 aromatic carbocycles. The van der Waals surface area contributed by atoms with Gasteiger partial charge in [0.15, 0.2) is 0 Å². The number of carbonyl (C=O) groups is 3. The molecule has 0 bridgehead atoms. The summed E-state index contributed by atoms with van der Waals surface area (Å²) >= 11 is 0. The topological polar surface area (TPSA) is 105 Å². The van der Waals surface area contributed by atoms with Crippen molar-refractivity contribution in [2.45, 2.75) is 57.5 Å². The molecule has 0 aliphatic carbocycles. The zero-order chi connectivity index (χ0) is 28.5. The maximum Gasteiger partial charge on any atom is 0.309 e. The number of ether oxygens (including phenoxy) is 1. The van der Waals surface area contributed by atoms with E-state index in [0.717, 1.165) is 11.1 Å². The summed E-state index contributed by atoms with van der Waals surface area (Å²) < 4.78 is 5.57. The first-order valence-electron chi connectivity index (χ1n) is 13.5. The Kier molecular flexibility index (Phi) is 14.3. The minimum atomic E-state index is -0.629. The molecule has 0 aromatic heterocycles. The maximum atomic E-state index is 12.9. The normalized spacial score (nSPS) is 13.8. The molecule has 7 heteroatoms. The summed E-state index contributed by atoms with van der Waals surface area (Å²) in [6.07, 6.45) is 6.05. The van der Waals surface area contributed by atoms with Gasteiger partial charge in [0.2, 0.25) is 11.8 Å². The Balaban J connectivity index is 1.87. The number of aliphatic hydroxyl groups is 1. The summed E-state index contributed by atoms with van der Waals surface area (Å²) in [6, 6.07) is 18.5. The Morgan fingerprint density at radius 2 is 1.51 bits per heavy atom. The first kappa shape index (κ1) is 31.5.